The number of amides is 2. The van der Waals surface area contributed by atoms with Gasteiger partial charge in [-0.05, 0) is 55.9 Å². The van der Waals surface area contributed by atoms with Crippen LogP contribution in [0, 0.1) is 5.92 Å². The molecule has 1 aromatic carbocycles. The monoisotopic (exact) mass is 286 g/mol. The van der Waals surface area contributed by atoms with Crippen LogP contribution in [0.25, 0.3) is 0 Å². The van der Waals surface area contributed by atoms with E-state index < -0.39 is 0 Å². The van der Waals surface area contributed by atoms with Crippen LogP contribution in [0.3, 0.4) is 0 Å². The topological polar surface area (TPSA) is 40.6 Å². The number of hydrogen-bond acceptors (Lipinski definition) is 2. The molecule has 112 valence electrons. The van der Waals surface area contributed by atoms with Crippen LogP contribution in [0.4, 0.5) is 5.69 Å². The Morgan fingerprint density at radius 2 is 2.05 bits per heavy atom. The van der Waals surface area contributed by atoms with Crippen molar-refractivity contribution in [3.63, 3.8) is 0 Å². The molecule has 3 rings (SSSR count). The summed E-state index contributed by atoms with van der Waals surface area (Å²) in [5, 5.41) is 0. The predicted octanol–water partition coefficient (Wildman–Crippen LogP) is 2.47. The zero-order valence-corrected chi connectivity index (χ0v) is 12.9. The van der Waals surface area contributed by atoms with Gasteiger partial charge in [0.1, 0.15) is 0 Å². The maximum Gasteiger partial charge on any atom is 0.253 e. The maximum atomic E-state index is 12.6. The number of anilines is 1. The number of carbonyl (C=O) groups is 2. The largest absolute Gasteiger partial charge is 0.339 e. The molecule has 4 heteroatoms. The first kappa shape index (κ1) is 14.1. The van der Waals surface area contributed by atoms with Crippen LogP contribution >= 0.6 is 0 Å². The van der Waals surface area contributed by atoms with Crippen molar-refractivity contribution in [1.82, 2.24) is 4.90 Å². The molecule has 1 aliphatic carbocycles. The molecule has 2 amide bonds. The third-order valence-corrected chi connectivity index (χ3v) is 4.84. The van der Waals surface area contributed by atoms with Crippen LogP contribution in [-0.4, -0.2) is 36.3 Å². The molecule has 1 aliphatic heterocycles. The van der Waals surface area contributed by atoms with Gasteiger partial charge in [-0.25, -0.2) is 0 Å². The van der Waals surface area contributed by atoms with E-state index in [1.54, 1.807) is 11.8 Å². The molecule has 0 radical (unpaired) electrons. The van der Waals surface area contributed by atoms with E-state index in [-0.39, 0.29) is 11.8 Å². The highest BCUT2D eigenvalue weighted by molar-refractivity contribution is 5.97. The van der Waals surface area contributed by atoms with Crippen molar-refractivity contribution in [3.05, 3.63) is 29.3 Å². The van der Waals surface area contributed by atoms with Crippen LogP contribution in [0.5, 0.6) is 0 Å². The molecule has 0 spiro atoms. The summed E-state index contributed by atoms with van der Waals surface area (Å²) in [6, 6.07) is 6.02. The second-order valence-corrected chi connectivity index (χ2v) is 6.26. The predicted molar refractivity (Wildman–Crippen MR) is 82.5 cm³/mol. The second-order valence-electron chi connectivity index (χ2n) is 6.26. The number of hydrogen-bond donors (Lipinski definition) is 0. The molecule has 4 nitrogen and oxygen atoms in total. The summed E-state index contributed by atoms with van der Waals surface area (Å²) in [6.07, 6.45) is 3.30. The highest BCUT2D eigenvalue weighted by Crippen LogP contribution is 2.35. The van der Waals surface area contributed by atoms with E-state index in [2.05, 4.69) is 6.92 Å². The van der Waals surface area contributed by atoms with Gasteiger partial charge >= 0.3 is 0 Å². The van der Waals surface area contributed by atoms with Crippen molar-refractivity contribution in [2.24, 2.45) is 5.92 Å². The van der Waals surface area contributed by atoms with Crippen LogP contribution in [0.1, 0.15) is 42.6 Å². The van der Waals surface area contributed by atoms with Gasteiger partial charge in [-0.1, -0.05) is 0 Å². The molecular weight excluding hydrogens is 264 g/mol. The van der Waals surface area contributed by atoms with Gasteiger partial charge in [-0.3, -0.25) is 9.59 Å². The fourth-order valence-electron chi connectivity index (χ4n) is 3.15. The van der Waals surface area contributed by atoms with Gasteiger partial charge < -0.3 is 9.80 Å². The van der Waals surface area contributed by atoms with E-state index in [1.807, 2.05) is 30.1 Å². The molecule has 0 saturated heterocycles. The van der Waals surface area contributed by atoms with Crippen LogP contribution in [-0.2, 0) is 11.2 Å². The Bertz CT molecular complexity index is 592. The third kappa shape index (κ3) is 2.55. The molecule has 1 aromatic rings. The number of benzene rings is 1. The summed E-state index contributed by atoms with van der Waals surface area (Å²) in [5.74, 6) is 0.812. The molecule has 1 fully saturated rings. The molecule has 21 heavy (non-hydrogen) atoms. The van der Waals surface area contributed by atoms with Crippen LogP contribution < -0.4 is 4.90 Å². The second kappa shape index (κ2) is 5.17. The van der Waals surface area contributed by atoms with Crippen LogP contribution in [0.2, 0.25) is 0 Å². The summed E-state index contributed by atoms with van der Waals surface area (Å²) in [4.78, 5) is 27.8. The Balaban J connectivity index is 1.81. The van der Waals surface area contributed by atoms with E-state index >= 15 is 0 Å². The number of nitrogens with zero attached hydrogens (tertiary/aromatic N) is 2. The molecule has 1 atom stereocenters. The Hall–Kier alpha value is -1.84. The SMILES string of the molecule is CC(=O)N1CCc2cc(C(=O)N(C)C(C)C3CC3)ccc21. The quantitative estimate of drug-likeness (QED) is 0.856. The number of carbonyl (C=O) groups excluding carboxylic acids is 2. The Kier molecular flexibility index (Phi) is 3.47. The molecule has 1 saturated carbocycles. The molecule has 0 N–H and O–H groups in total. The minimum atomic E-state index is 0.0623. The molecule has 0 bridgehead atoms. The van der Waals surface area contributed by atoms with Crippen molar-refractivity contribution in [1.29, 1.82) is 0 Å². The Labute approximate surface area is 125 Å². The van der Waals surface area contributed by atoms with Gasteiger partial charge in [0, 0.05) is 37.8 Å². The van der Waals surface area contributed by atoms with Crippen molar-refractivity contribution in [2.45, 2.75) is 39.2 Å². The van der Waals surface area contributed by atoms with Gasteiger partial charge in [0.15, 0.2) is 0 Å². The lowest BCUT2D eigenvalue weighted by Gasteiger charge is -2.25. The lowest BCUT2D eigenvalue weighted by Crippen LogP contribution is -2.36. The highest BCUT2D eigenvalue weighted by atomic mass is 16.2. The van der Waals surface area contributed by atoms with Gasteiger partial charge in [-0.15, -0.1) is 0 Å². The minimum Gasteiger partial charge on any atom is -0.339 e. The van der Waals surface area contributed by atoms with Gasteiger partial charge in [0.2, 0.25) is 5.91 Å². The van der Waals surface area contributed by atoms with Crippen molar-refractivity contribution in [2.75, 3.05) is 18.5 Å². The van der Waals surface area contributed by atoms with Gasteiger partial charge in [0.25, 0.3) is 5.91 Å². The van der Waals surface area contributed by atoms with Crippen molar-refractivity contribution < 1.29 is 9.59 Å². The molecule has 0 aromatic heterocycles. The standard InChI is InChI=1S/C17H22N2O2/c1-11(13-4-5-13)18(3)17(21)15-6-7-16-14(10-15)8-9-19(16)12(2)20/h6-7,10-11,13H,4-5,8-9H2,1-3H3. The van der Waals surface area contributed by atoms with Crippen molar-refractivity contribution in [3.8, 4) is 0 Å². The van der Waals surface area contributed by atoms with E-state index in [4.69, 9.17) is 0 Å². The summed E-state index contributed by atoms with van der Waals surface area (Å²) in [5.41, 5.74) is 2.79. The Morgan fingerprint density at radius 3 is 2.67 bits per heavy atom. The van der Waals surface area contributed by atoms with E-state index in [9.17, 15) is 9.59 Å². The van der Waals surface area contributed by atoms with E-state index in [0.717, 1.165) is 29.8 Å². The summed E-state index contributed by atoms with van der Waals surface area (Å²) in [6.45, 7) is 4.43. The number of rotatable bonds is 3. The lowest BCUT2D eigenvalue weighted by molar-refractivity contribution is -0.116. The smallest absolute Gasteiger partial charge is 0.253 e. The first-order valence-corrected chi connectivity index (χ1v) is 7.67. The average molecular weight is 286 g/mol. The average Bonchev–Trinajstić information content (AvgIpc) is 3.23. The lowest BCUT2D eigenvalue weighted by atomic mass is 10.1. The molecule has 1 heterocycles. The fourth-order valence-corrected chi connectivity index (χ4v) is 3.15. The van der Waals surface area contributed by atoms with Crippen LogP contribution in [0.15, 0.2) is 18.2 Å². The summed E-state index contributed by atoms with van der Waals surface area (Å²) < 4.78 is 0. The van der Waals surface area contributed by atoms with Crippen molar-refractivity contribution >= 4 is 17.5 Å². The fraction of sp³-hybridized carbons (Fsp3) is 0.529. The molecular formula is C17H22N2O2. The first-order valence-electron chi connectivity index (χ1n) is 7.67. The Morgan fingerprint density at radius 1 is 1.33 bits per heavy atom. The zero-order chi connectivity index (χ0) is 15.1. The maximum absolute atomic E-state index is 12.6. The number of fused-ring (bicyclic) bond motifs is 1. The minimum absolute atomic E-state index is 0.0623. The molecule has 2 aliphatic rings. The van der Waals surface area contributed by atoms with Gasteiger partial charge in [-0.2, -0.15) is 0 Å². The highest BCUT2D eigenvalue weighted by Gasteiger charge is 2.33. The third-order valence-electron chi connectivity index (χ3n) is 4.84. The van der Waals surface area contributed by atoms with E-state index in [0.29, 0.717) is 12.0 Å². The normalized spacial score (nSPS) is 18.3. The zero-order valence-electron chi connectivity index (χ0n) is 12.9. The molecule has 1 unspecified atom stereocenters. The first-order chi connectivity index (χ1) is 9.99. The van der Waals surface area contributed by atoms with E-state index in [1.165, 1.54) is 12.8 Å². The van der Waals surface area contributed by atoms with Gasteiger partial charge in [0.05, 0.1) is 0 Å². The summed E-state index contributed by atoms with van der Waals surface area (Å²) in [7, 11) is 1.89. The summed E-state index contributed by atoms with van der Waals surface area (Å²) >= 11 is 0.